The summed E-state index contributed by atoms with van der Waals surface area (Å²) >= 11 is 0. The van der Waals surface area contributed by atoms with E-state index in [1.54, 1.807) is 13.2 Å². The lowest BCUT2D eigenvalue weighted by molar-refractivity contribution is -0.138. The minimum absolute atomic E-state index is 0.0491. The van der Waals surface area contributed by atoms with Crippen LogP contribution in [0.3, 0.4) is 0 Å². The van der Waals surface area contributed by atoms with Crippen LogP contribution in [0.1, 0.15) is 6.42 Å². The molecule has 0 heterocycles. The molecule has 0 aromatic carbocycles. The maximum atomic E-state index is 10.7. The Labute approximate surface area is 71.8 Å². The standard InChI is InChI=1S/C8H14O4/c1-11-6-3-2-4-8(10)12-7-5-9/h2,4,9H,3,5-7H2,1H3. The van der Waals surface area contributed by atoms with Crippen molar-refractivity contribution < 1.29 is 19.4 Å². The highest BCUT2D eigenvalue weighted by Gasteiger charge is 1.93. The zero-order valence-corrected chi connectivity index (χ0v) is 7.16. The van der Waals surface area contributed by atoms with E-state index in [9.17, 15) is 4.79 Å². The molecular formula is C8H14O4. The number of methoxy groups -OCH3 is 1. The molecule has 0 spiro atoms. The Morgan fingerprint density at radius 1 is 1.50 bits per heavy atom. The molecule has 0 unspecified atom stereocenters. The van der Waals surface area contributed by atoms with Gasteiger partial charge in [0.05, 0.1) is 6.61 Å². The lowest BCUT2D eigenvalue weighted by atomic mass is 10.4. The number of ether oxygens (including phenoxy) is 2. The number of rotatable bonds is 6. The summed E-state index contributed by atoms with van der Waals surface area (Å²) in [4.78, 5) is 10.7. The van der Waals surface area contributed by atoms with E-state index < -0.39 is 5.97 Å². The Kier molecular flexibility index (Phi) is 7.63. The number of aliphatic hydroxyl groups is 1. The summed E-state index contributed by atoms with van der Waals surface area (Å²) < 4.78 is 9.32. The summed E-state index contributed by atoms with van der Waals surface area (Å²) in [5, 5.41) is 8.30. The van der Waals surface area contributed by atoms with Gasteiger partial charge in [0.25, 0.3) is 0 Å². The van der Waals surface area contributed by atoms with E-state index in [1.807, 2.05) is 0 Å². The topological polar surface area (TPSA) is 55.8 Å². The van der Waals surface area contributed by atoms with Gasteiger partial charge in [-0.15, -0.1) is 0 Å². The Bertz CT molecular complexity index is 142. The van der Waals surface area contributed by atoms with Crippen molar-refractivity contribution in [3.8, 4) is 0 Å². The van der Waals surface area contributed by atoms with E-state index in [4.69, 9.17) is 9.84 Å². The van der Waals surface area contributed by atoms with Crippen LogP contribution in [0.2, 0.25) is 0 Å². The number of carbonyl (C=O) groups is 1. The van der Waals surface area contributed by atoms with Crippen molar-refractivity contribution >= 4 is 5.97 Å². The Hall–Kier alpha value is -0.870. The molecule has 0 aromatic heterocycles. The molecule has 70 valence electrons. The molecule has 0 radical (unpaired) electrons. The minimum atomic E-state index is -0.430. The third-order valence-corrected chi connectivity index (χ3v) is 1.08. The van der Waals surface area contributed by atoms with Crippen molar-refractivity contribution in [2.24, 2.45) is 0 Å². The maximum Gasteiger partial charge on any atom is 0.330 e. The van der Waals surface area contributed by atoms with Crippen molar-refractivity contribution in [3.63, 3.8) is 0 Å². The van der Waals surface area contributed by atoms with Crippen LogP contribution in [0, 0.1) is 0 Å². The molecule has 4 heteroatoms. The second kappa shape index (κ2) is 8.23. The van der Waals surface area contributed by atoms with E-state index >= 15 is 0 Å². The third-order valence-electron chi connectivity index (χ3n) is 1.08. The van der Waals surface area contributed by atoms with Gasteiger partial charge in [-0.25, -0.2) is 4.79 Å². The third kappa shape index (κ3) is 7.24. The summed E-state index contributed by atoms with van der Waals surface area (Å²) in [6, 6.07) is 0. The zero-order chi connectivity index (χ0) is 9.23. The van der Waals surface area contributed by atoms with Gasteiger partial charge in [0.2, 0.25) is 0 Å². The summed E-state index contributed by atoms with van der Waals surface area (Å²) in [5.41, 5.74) is 0. The molecular weight excluding hydrogens is 160 g/mol. The first-order valence-electron chi connectivity index (χ1n) is 3.74. The summed E-state index contributed by atoms with van der Waals surface area (Å²) in [5.74, 6) is -0.430. The summed E-state index contributed by atoms with van der Waals surface area (Å²) in [7, 11) is 1.60. The normalized spacial score (nSPS) is 10.5. The molecule has 0 amide bonds. The number of hydrogen-bond donors (Lipinski definition) is 1. The summed E-state index contributed by atoms with van der Waals surface area (Å²) in [6.07, 6.45) is 3.68. The van der Waals surface area contributed by atoms with Crippen LogP contribution in [0.5, 0.6) is 0 Å². The minimum Gasteiger partial charge on any atom is -0.460 e. The number of hydrogen-bond acceptors (Lipinski definition) is 4. The molecule has 1 N–H and O–H groups in total. The molecule has 0 atom stereocenters. The van der Waals surface area contributed by atoms with Crippen molar-refractivity contribution in [3.05, 3.63) is 12.2 Å². The molecule has 12 heavy (non-hydrogen) atoms. The fourth-order valence-corrected chi connectivity index (χ4v) is 0.560. The lowest BCUT2D eigenvalue weighted by Gasteiger charge is -1.96. The molecule has 0 fully saturated rings. The van der Waals surface area contributed by atoms with Crippen LogP contribution in [-0.4, -0.2) is 38.0 Å². The maximum absolute atomic E-state index is 10.7. The van der Waals surface area contributed by atoms with Crippen LogP contribution >= 0.6 is 0 Å². The van der Waals surface area contributed by atoms with E-state index in [0.717, 1.165) is 0 Å². The largest absolute Gasteiger partial charge is 0.460 e. The predicted molar refractivity (Wildman–Crippen MR) is 43.7 cm³/mol. The van der Waals surface area contributed by atoms with Crippen molar-refractivity contribution in [1.82, 2.24) is 0 Å². The van der Waals surface area contributed by atoms with Crippen LogP contribution in [0.25, 0.3) is 0 Å². The highest BCUT2D eigenvalue weighted by Crippen LogP contribution is 1.86. The van der Waals surface area contributed by atoms with Crippen LogP contribution < -0.4 is 0 Å². The lowest BCUT2D eigenvalue weighted by Crippen LogP contribution is -2.05. The number of carbonyl (C=O) groups excluding carboxylic acids is 1. The first-order chi connectivity index (χ1) is 5.81. The van der Waals surface area contributed by atoms with Crippen molar-refractivity contribution in [1.29, 1.82) is 0 Å². The van der Waals surface area contributed by atoms with Gasteiger partial charge in [-0.2, -0.15) is 0 Å². The van der Waals surface area contributed by atoms with Gasteiger partial charge in [0, 0.05) is 19.8 Å². The molecule has 4 nitrogen and oxygen atoms in total. The number of aliphatic hydroxyl groups excluding tert-OH is 1. The second-order valence-corrected chi connectivity index (χ2v) is 2.07. The van der Waals surface area contributed by atoms with Gasteiger partial charge in [-0.05, 0) is 6.42 Å². The SMILES string of the molecule is COCCC=CC(=O)OCCO. The number of esters is 1. The Morgan fingerprint density at radius 2 is 2.25 bits per heavy atom. The van der Waals surface area contributed by atoms with Gasteiger partial charge < -0.3 is 14.6 Å². The van der Waals surface area contributed by atoms with E-state index in [0.29, 0.717) is 13.0 Å². The Balaban J connectivity index is 3.34. The van der Waals surface area contributed by atoms with Crippen LogP contribution in [-0.2, 0) is 14.3 Å². The molecule has 0 saturated heterocycles. The first kappa shape index (κ1) is 11.1. The van der Waals surface area contributed by atoms with Crippen molar-refractivity contribution in [2.45, 2.75) is 6.42 Å². The summed E-state index contributed by atoms with van der Waals surface area (Å²) in [6.45, 7) is 0.495. The average molecular weight is 174 g/mol. The molecule has 0 rings (SSSR count). The first-order valence-corrected chi connectivity index (χ1v) is 3.74. The van der Waals surface area contributed by atoms with Crippen LogP contribution in [0.15, 0.2) is 12.2 Å². The van der Waals surface area contributed by atoms with E-state index in [2.05, 4.69) is 4.74 Å². The average Bonchev–Trinajstić information content (AvgIpc) is 2.09. The predicted octanol–water partition coefficient (Wildman–Crippen LogP) is 0.115. The van der Waals surface area contributed by atoms with Gasteiger partial charge in [0.1, 0.15) is 6.61 Å². The fraction of sp³-hybridized carbons (Fsp3) is 0.625. The molecule has 0 aliphatic carbocycles. The fourth-order valence-electron chi connectivity index (χ4n) is 0.560. The van der Waals surface area contributed by atoms with E-state index in [-0.39, 0.29) is 13.2 Å². The van der Waals surface area contributed by atoms with Gasteiger partial charge in [-0.1, -0.05) is 6.08 Å². The Morgan fingerprint density at radius 3 is 2.83 bits per heavy atom. The highest BCUT2D eigenvalue weighted by atomic mass is 16.5. The van der Waals surface area contributed by atoms with E-state index in [1.165, 1.54) is 6.08 Å². The molecule has 0 aromatic rings. The van der Waals surface area contributed by atoms with Gasteiger partial charge >= 0.3 is 5.97 Å². The zero-order valence-electron chi connectivity index (χ0n) is 7.16. The van der Waals surface area contributed by atoms with Gasteiger partial charge in [-0.3, -0.25) is 0 Å². The molecule has 0 saturated carbocycles. The molecule has 0 aliphatic rings. The van der Waals surface area contributed by atoms with Crippen LogP contribution in [0.4, 0.5) is 0 Å². The smallest absolute Gasteiger partial charge is 0.330 e. The quantitative estimate of drug-likeness (QED) is 0.353. The van der Waals surface area contributed by atoms with Gasteiger partial charge in [0.15, 0.2) is 0 Å². The second-order valence-electron chi connectivity index (χ2n) is 2.07. The monoisotopic (exact) mass is 174 g/mol. The molecule has 0 aliphatic heterocycles. The molecule has 0 bridgehead atoms. The highest BCUT2D eigenvalue weighted by molar-refractivity contribution is 5.81. The van der Waals surface area contributed by atoms with Crippen molar-refractivity contribution in [2.75, 3.05) is 26.9 Å².